The van der Waals surface area contributed by atoms with Gasteiger partial charge in [-0.25, -0.2) is 4.39 Å². The topological polar surface area (TPSA) is 55.2 Å². The minimum absolute atomic E-state index is 0.117. The molecule has 4 nitrogen and oxygen atoms in total. The van der Waals surface area contributed by atoms with E-state index >= 15 is 0 Å². The second-order valence-electron chi connectivity index (χ2n) is 3.42. The van der Waals surface area contributed by atoms with E-state index in [4.69, 9.17) is 0 Å². The van der Waals surface area contributed by atoms with Crippen LogP contribution >= 0.6 is 11.8 Å². The van der Waals surface area contributed by atoms with Gasteiger partial charge < -0.3 is 5.32 Å². The first-order valence-electron chi connectivity index (χ1n) is 4.74. The zero-order valence-electron chi connectivity index (χ0n) is 9.07. The number of anilines is 1. The molecule has 1 atom stereocenters. The summed E-state index contributed by atoms with van der Waals surface area (Å²) in [5.74, 6) is 0.248. The summed E-state index contributed by atoms with van der Waals surface area (Å²) in [7, 11) is 0. The molecule has 1 unspecified atom stereocenters. The predicted octanol–water partition coefficient (Wildman–Crippen LogP) is 2.90. The maximum Gasteiger partial charge on any atom is 0.272 e. The average Bonchev–Trinajstić information content (AvgIpc) is 2.21. The van der Waals surface area contributed by atoms with Gasteiger partial charge in [0.1, 0.15) is 0 Å². The minimum Gasteiger partial charge on any atom is -0.379 e. The molecule has 0 radical (unpaired) electrons. The molecule has 1 rings (SSSR count). The summed E-state index contributed by atoms with van der Waals surface area (Å²) in [6, 6.07) is 3.72. The average molecular weight is 244 g/mol. The maximum absolute atomic E-state index is 13.4. The molecule has 0 spiro atoms. The van der Waals surface area contributed by atoms with Crippen molar-refractivity contribution in [3.8, 4) is 0 Å². The van der Waals surface area contributed by atoms with Crippen LogP contribution in [0.3, 0.4) is 0 Å². The standard InChI is InChI=1S/C10H13FN2O2S/c1-7(6-16-2)12-10-4-3-8(13(14)15)5-9(10)11/h3-5,7,12H,6H2,1-2H3. The monoisotopic (exact) mass is 244 g/mol. The minimum atomic E-state index is -0.613. The van der Waals surface area contributed by atoms with Crippen LogP contribution in [0.1, 0.15) is 6.92 Å². The highest BCUT2D eigenvalue weighted by atomic mass is 32.2. The van der Waals surface area contributed by atoms with Gasteiger partial charge in [-0.1, -0.05) is 0 Å². The number of nitro groups is 1. The highest BCUT2D eigenvalue weighted by molar-refractivity contribution is 7.98. The lowest BCUT2D eigenvalue weighted by Gasteiger charge is -2.14. The smallest absolute Gasteiger partial charge is 0.272 e. The second-order valence-corrected chi connectivity index (χ2v) is 4.33. The van der Waals surface area contributed by atoms with E-state index in [0.717, 1.165) is 11.8 Å². The summed E-state index contributed by atoms with van der Waals surface area (Å²) in [5.41, 5.74) is 0.0627. The molecule has 1 aromatic rings. The fraction of sp³-hybridized carbons (Fsp3) is 0.400. The van der Waals surface area contributed by atoms with E-state index in [1.807, 2.05) is 13.2 Å². The molecule has 0 bridgehead atoms. The highest BCUT2D eigenvalue weighted by Gasteiger charge is 2.11. The molecule has 0 heterocycles. The first-order valence-corrected chi connectivity index (χ1v) is 6.13. The fourth-order valence-electron chi connectivity index (χ4n) is 1.29. The molecule has 1 N–H and O–H groups in total. The molecule has 0 aliphatic heterocycles. The van der Waals surface area contributed by atoms with E-state index in [9.17, 15) is 14.5 Å². The molecule has 1 aromatic carbocycles. The van der Waals surface area contributed by atoms with Crippen LogP contribution in [-0.4, -0.2) is 23.0 Å². The largest absolute Gasteiger partial charge is 0.379 e. The number of rotatable bonds is 5. The Balaban J connectivity index is 2.79. The third-order valence-corrected chi connectivity index (χ3v) is 2.82. The van der Waals surface area contributed by atoms with Gasteiger partial charge in [-0.15, -0.1) is 0 Å². The van der Waals surface area contributed by atoms with Gasteiger partial charge in [-0.2, -0.15) is 11.8 Å². The fourth-order valence-corrected chi connectivity index (χ4v) is 1.88. The summed E-state index contributed by atoms with van der Waals surface area (Å²) >= 11 is 1.65. The van der Waals surface area contributed by atoms with E-state index in [-0.39, 0.29) is 11.7 Å². The molecule has 0 saturated carbocycles. The van der Waals surface area contributed by atoms with Crippen molar-refractivity contribution in [3.05, 3.63) is 34.1 Å². The first kappa shape index (κ1) is 12.8. The number of benzene rings is 1. The molecule has 0 fully saturated rings. The Kier molecular flexibility index (Phi) is 4.54. The molecule has 0 aliphatic rings. The van der Waals surface area contributed by atoms with Crippen LogP contribution in [0.5, 0.6) is 0 Å². The molecular formula is C10H13FN2O2S. The van der Waals surface area contributed by atoms with Gasteiger partial charge in [0.2, 0.25) is 0 Å². The van der Waals surface area contributed by atoms with Gasteiger partial charge in [0.25, 0.3) is 5.69 Å². The number of nitro benzene ring substituents is 1. The third-order valence-electron chi connectivity index (χ3n) is 1.98. The number of thioether (sulfide) groups is 1. The Morgan fingerprint density at radius 1 is 1.62 bits per heavy atom. The normalized spacial score (nSPS) is 12.2. The van der Waals surface area contributed by atoms with Crippen molar-refractivity contribution >= 4 is 23.1 Å². The van der Waals surface area contributed by atoms with Crippen LogP contribution in [0.15, 0.2) is 18.2 Å². The summed E-state index contributed by atoms with van der Waals surface area (Å²) in [6.07, 6.45) is 1.96. The molecule has 0 aromatic heterocycles. The van der Waals surface area contributed by atoms with E-state index in [0.29, 0.717) is 5.69 Å². The molecular weight excluding hydrogens is 231 g/mol. The number of halogens is 1. The number of hydrogen-bond acceptors (Lipinski definition) is 4. The van der Waals surface area contributed by atoms with Crippen molar-refractivity contribution in [2.45, 2.75) is 13.0 Å². The van der Waals surface area contributed by atoms with E-state index < -0.39 is 10.7 Å². The highest BCUT2D eigenvalue weighted by Crippen LogP contribution is 2.21. The van der Waals surface area contributed by atoms with Crippen molar-refractivity contribution in [3.63, 3.8) is 0 Å². The van der Waals surface area contributed by atoms with E-state index in [2.05, 4.69) is 5.32 Å². The zero-order valence-corrected chi connectivity index (χ0v) is 9.88. The van der Waals surface area contributed by atoms with Gasteiger partial charge in [0, 0.05) is 17.9 Å². The Morgan fingerprint density at radius 3 is 2.81 bits per heavy atom. The van der Waals surface area contributed by atoms with Crippen LogP contribution in [0, 0.1) is 15.9 Å². The summed E-state index contributed by atoms with van der Waals surface area (Å²) in [5, 5.41) is 13.4. The van der Waals surface area contributed by atoms with Crippen molar-refractivity contribution in [2.24, 2.45) is 0 Å². The lowest BCUT2D eigenvalue weighted by atomic mass is 10.2. The molecule has 0 saturated heterocycles. The van der Waals surface area contributed by atoms with Gasteiger partial charge in [-0.05, 0) is 19.2 Å². The SMILES string of the molecule is CSCC(C)Nc1ccc([N+](=O)[O-])cc1F. The summed E-state index contributed by atoms with van der Waals surface area (Å²) < 4.78 is 13.4. The van der Waals surface area contributed by atoms with Crippen LogP contribution in [-0.2, 0) is 0 Å². The lowest BCUT2D eigenvalue weighted by molar-refractivity contribution is -0.385. The van der Waals surface area contributed by atoms with Crippen molar-refractivity contribution < 1.29 is 9.31 Å². The molecule has 0 amide bonds. The van der Waals surface area contributed by atoms with Crippen molar-refractivity contribution in [1.82, 2.24) is 0 Å². The lowest BCUT2D eigenvalue weighted by Crippen LogP contribution is -2.18. The van der Waals surface area contributed by atoms with Gasteiger partial charge in [-0.3, -0.25) is 10.1 Å². The van der Waals surface area contributed by atoms with Crippen molar-refractivity contribution in [2.75, 3.05) is 17.3 Å². The number of nitrogens with one attached hydrogen (secondary N) is 1. The molecule has 88 valence electrons. The Labute approximate surface area is 97.4 Å². The van der Waals surface area contributed by atoms with Gasteiger partial charge >= 0.3 is 0 Å². The van der Waals surface area contributed by atoms with Crippen LogP contribution in [0.4, 0.5) is 15.8 Å². The van der Waals surface area contributed by atoms with E-state index in [1.54, 1.807) is 11.8 Å². The predicted molar refractivity (Wildman–Crippen MR) is 64.5 cm³/mol. The van der Waals surface area contributed by atoms with Crippen LogP contribution < -0.4 is 5.32 Å². The van der Waals surface area contributed by atoms with Crippen LogP contribution in [0.2, 0.25) is 0 Å². The second kappa shape index (κ2) is 5.69. The van der Waals surface area contributed by atoms with Crippen LogP contribution in [0.25, 0.3) is 0 Å². The summed E-state index contributed by atoms with van der Waals surface area (Å²) in [6.45, 7) is 1.93. The summed E-state index contributed by atoms with van der Waals surface area (Å²) in [4.78, 5) is 9.79. The molecule has 16 heavy (non-hydrogen) atoms. The molecule has 6 heteroatoms. The number of non-ortho nitro benzene ring substituents is 1. The van der Waals surface area contributed by atoms with Gasteiger partial charge in [0.15, 0.2) is 5.82 Å². The first-order chi connectivity index (χ1) is 7.54. The van der Waals surface area contributed by atoms with Crippen molar-refractivity contribution in [1.29, 1.82) is 0 Å². The van der Waals surface area contributed by atoms with Gasteiger partial charge in [0.05, 0.1) is 16.7 Å². The Bertz CT molecular complexity index is 387. The molecule has 0 aliphatic carbocycles. The number of hydrogen-bond donors (Lipinski definition) is 1. The Morgan fingerprint density at radius 2 is 2.31 bits per heavy atom. The maximum atomic E-state index is 13.4. The van der Waals surface area contributed by atoms with E-state index in [1.165, 1.54) is 12.1 Å². The third kappa shape index (κ3) is 3.37. The quantitative estimate of drug-likeness (QED) is 0.639. The zero-order chi connectivity index (χ0) is 12.1. The Hall–Kier alpha value is -1.30. The number of nitrogens with zero attached hydrogens (tertiary/aromatic N) is 1.